The largest absolute Gasteiger partial charge is 0.507 e. The molecule has 5 rings (SSSR count). The van der Waals surface area contributed by atoms with Gasteiger partial charge in [0.2, 0.25) is 5.78 Å². The predicted molar refractivity (Wildman–Crippen MR) is 177 cm³/mol. The van der Waals surface area contributed by atoms with Gasteiger partial charge in [-0.3, -0.25) is 24.0 Å². The number of nitrogens with one attached hydrogen (secondary N) is 1. The average molecular weight is 752 g/mol. The Kier molecular flexibility index (Phi) is 10.0. The Morgan fingerprint density at radius 1 is 1.04 bits per heavy atom. The summed E-state index contributed by atoms with van der Waals surface area (Å²) in [6, 6.07) is 2.48. The number of aliphatic hydroxyl groups is 1. The molecule has 0 bridgehead atoms. The van der Waals surface area contributed by atoms with Gasteiger partial charge in [0, 0.05) is 36.0 Å². The summed E-state index contributed by atoms with van der Waals surface area (Å²) in [7, 11) is -1.28. The third-order valence-corrected chi connectivity index (χ3v) is 14.9. The van der Waals surface area contributed by atoms with Crippen LogP contribution in [0.5, 0.6) is 17.2 Å². The van der Waals surface area contributed by atoms with Gasteiger partial charge in [0.1, 0.15) is 29.0 Å². The number of halogens is 3. The van der Waals surface area contributed by atoms with Crippen LogP contribution < -0.4 is 10.1 Å². The molecule has 0 radical (unpaired) electrons. The number of hydrogen-bond acceptors (Lipinski definition) is 12. The smallest absolute Gasteiger partial charge is 0.471 e. The van der Waals surface area contributed by atoms with E-state index in [0.717, 1.165) is 0 Å². The summed E-state index contributed by atoms with van der Waals surface area (Å²) < 4.78 is 62.3. The first-order chi connectivity index (χ1) is 23.9. The van der Waals surface area contributed by atoms with Crippen LogP contribution in [0.3, 0.4) is 0 Å². The molecule has 0 aromatic heterocycles. The van der Waals surface area contributed by atoms with Crippen LogP contribution >= 0.6 is 0 Å². The van der Waals surface area contributed by atoms with Gasteiger partial charge in [-0.25, -0.2) is 0 Å². The van der Waals surface area contributed by atoms with Crippen LogP contribution in [-0.2, 0) is 34.7 Å². The number of ether oxygens (including phenoxy) is 3. The maximum absolute atomic E-state index is 13.9. The van der Waals surface area contributed by atoms with Gasteiger partial charge in [0.25, 0.3) is 0 Å². The second kappa shape index (κ2) is 13.4. The molecule has 2 aromatic rings. The summed E-state index contributed by atoms with van der Waals surface area (Å²) >= 11 is 0. The third-order valence-electron chi connectivity index (χ3n) is 10.4. The van der Waals surface area contributed by atoms with Crippen LogP contribution in [-0.4, -0.2) is 96.6 Å². The van der Waals surface area contributed by atoms with E-state index in [0.29, 0.717) is 0 Å². The number of Topliss-reactive ketones (excluding diaryl/α,β-unsaturated/α-hetero) is 2. The van der Waals surface area contributed by atoms with Crippen molar-refractivity contribution in [3.05, 3.63) is 51.6 Å². The SMILES string of the molecule is COc1cccc2c1C(=O)c1c(O)c3c(c(O)c1C2=O)C[C@@](O)(C(=O)CO[Si](C)(C)C(C)(C)C)C[C@@H]3O[C@H]1C[C@H](NC(=O)C(F)(F)F)C(=O)[C@H](C)O1. The molecule has 0 spiro atoms. The molecule has 1 saturated heterocycles. The number of phenolic OH excluding ortho intramolecular Hbond substituents is 2. The van der Waals surface area contributed by atoms with Gasteiger partial charge in [-0.2, -0.15) is 13.2 Å². The van der Waals surface area contributed by atoms with Crippen molar-refractivity contribution < 1.29 is 71.1 Å². The topological polar surface area (TPSA) is 195 Å². The van der Waals surface area contributed by atoms with Crippen molar-refractivity contribution in [3.8, 4) is 17.2 Å². The molecular formula is C35H40F3NO12Si. The molecule has 52 heavy (non-hydrogen) atoms. The van der Waals surface area contributed by atoms with Crippen molar-refractivity contribution in [3.63, 3.8) is 0 Å². The molecule has 17 heteroatoms. The van der Waals surface area contributed by atoms with Crippen molar-refractivity contribution >= 4 is 37.4 Å². The second-order valence-corrected chi connectivity index (χ2v) is 19.6. The molecule has 0 saturated carbocycles. The zero-order valence-electron chi connectivity index (χ0n) is 29.5. The number of fused-ring (bicyclic) bond motifs is 3. The van der Waals surface area contributed by atoms with Gasteiger partial charge in [0.05, 0.1) is 42.6 Å². The zero-order chi connectivity index (χ0) is 38.9. The minimum atomic E-state index is -5.31. The molecule has 1 aliphatic heterocycles. The minimum Gasteiger partial charge on any atom is -0.507 e. The van der Waals surface area contributed by atoms with Gasteiger partial charge >= 0.3 is 12.1 Å². The van der Waals surface area contributed by atoms with E-state index < -0.39 is 122 Å². The molecule has 4 N–H and O–H groups in total. The minimum absolute atomic E-state index is 0.00817. The number of phenols is 2. The monoisotopic (exact) mass is 751 g/mol. The molecule has 13 nitrogen and oxygen atoms in total. The lowest BCUT2D eigenvalue weighted by Gasteiger charge is -2.42. The number of carbonyl (C=O) groups is 5. The number of amides is 1. The van der Waals surface area contributed by atoms with E-state index in [4.69, 9.17) is 18.6 Å². The average Bonchev–Trinajstić information content (AvgIpc) is 3.04. The Labute approximate surface area is 297 Å². The van der Waals surface area contributed by atoms with Crippen molar-refractivity contribution in [2.45, 2.75) is 101 Å². The molecule has 0 unspecified atom stereocenters. The summed E-state index contributed by atoms with van der Waals surface area (Å²) in [6.07, 6.45) is -11.9. The second-order valence-electron chi connectivity index (χ2n) is 14.8. The maximum atomic E-state index is 13.9. The number of alkyl halides is 3. The van der Waals surface area contributed by atoms with Crippen molar-refractivity contribution in [2.75, 3.05) is 13.7 Å². The van der Waals surface area contributed by atoms with Crippen LogP contribution in [0, 0.1) is 0 Å². The van der Waals surface area contributed by atoms with Crippen molar-refractivity contribution in [2.24, 2.45) is 0 Å². The van der Waals surface area contributed by atoms with E-state index in [1.54, 1.807) is 5.32 Å². The summed E-state index contributed by atoms with van der Waals surface area (Å²) in [5.41, 5.74) is -4.50. The third kappa shape index (κ3) is 6.75. The normalized spacial score (nSPS) is 24.9. The van der Waals surface area contributed by atoms with E-state index in [1.165, 1.54) is 32.2 Å². The van der Waals surface area contributed by atoms with Gasteiger partial charge in [0.15, 0.2) is 32.0 Å². The van der Waals surface area contributed by atoms with E-state index >= 15 is 0 Å². The highest BCUT2D eigenvalue weighted by molar-refractivity contribution is 6.74. The van der Waals surface area contributed by atoms with E-state index in [9.17, 15) is 52.5 Å². The van der Waals surface area contributed by atoms with Crippen LogP contribution in [0.25, 0.3) is 0 Å². The number of benzene rings is 2. The Morgan fingerprint density at radius 3 is 2.27 bits per heavy atom. The molecule has 282 valence electrons. The highest BCUT2D eigenvalue weighted by Gasteiger charge is 2.52. The Morgan fingerprint density at radius 2 is 1.67 bits per heavy atom. The molecule has 1 heterocycles. The summed E-state index contributed by atoms with van der Waals surface area (Å²) in [4.78, 5) is 66.0. The molecular weight excluding hydrogens is 711 g/mol. The van der Waals surface area contributed by atoms with Gasteiger partial charge in [-0.1, -0.05) is 32.9 Å². The fraction of sp³-hybridized carbons (Fsp3) is 0.514. The number of aromatic hydroxyl groups is 2. The van der Waals surface area contributed by atoms with Crippen molar-refractivity contribution in [1.82, 2.24) is 5.32 Å². The molecule has 2 aliphatic carbocycles. The lowest BCUT2D eigenvalue weighted by molar-refractivity contribution is -0.224. The highest BCUT2D eigenvalue weighted by atomic mass is 28.4. The quantitative estimate of drug-likeness (QED) is 0.192. The first kappa shape index (κ1) is 39.1. The van der Waals surface area contributed by atoms with Gasteiger partial charge in [-0.15, -0.1) is 0 Å². The molecule has 5 atom stereocenters. The lowest BCUT2D eigenvalue weighted by atomic mass is 9.72. The maximum Gasteiger partial charge on any atom is 0.471 e. The zero-order valence-corrected chi connectivity index (χ0v) is 30.5. The summed E-state index contributed by atoms with van der Waals surface area (Å²) in [5, 5.41) is 36.7. The summed E-state index contributed by atoms with van der Waals surface area (Å²) in [5.74, 6) is -7.48. The lowest BCUT2D eigenvalue weighted by Crippen LogP contribution is -2.55. The standard InChI is InChI=1S/C35H40F3NO12Si/c1-15-27(41)18(39-32(46)35(36,37)38)11-22(50-15)51-20-13-34(47,21(40)14-49-52(6,7)33(2,3)4)12-17-24(20)31(45)26-25(29(17)43)28(42)16-9-8-10-19(48-5)23(16)30(26)44/h8-10,15,18,20,22,43,45,47H,11-14H2,1-7H3,(H,39,46)/t15-,18-,20-,22-,34-/m0/s1. The highest BCUT2D eigenvalue weighted by Crippen LogP contribution is 2.52. The molecule has 1 fully saturated rings. The number of hydrogen-bond donors (Lipinski definition) is 4. The molecule has 1 amide bonds. The Hall–Kier alpha value is -4.16. The van der Waals surface area contributed by atoms with E-state index in [-0.39, 0.29) is 33.0 Å². The number of carbonyl (C=O) groups excluding carboxylic acids is 5. The Balaban J connectivity index is 1.61. The number of ketones is 4. The Bertz CT molecular complexity index is 1870. The summed E-state index contributed by atoms with van der Waals surface area (Å²) in [6.45, 7) is 10.2. The number of rotatable bonds is 8. The molecule has 3 aliphatic rings. The van der Waals surface area contributed by atoms with E-state index in [1.807, 2.05) is 33.9 Å². The van der Waals surface area contributed by atoms with E-state index in [2.05, 4.69) is 0 Å². The fourth-order valence-corrected chi connectivity index (χ4v) is 7.35. The van der Waals surface area contributed by atoms with Crippen LogP contribution in [0.15, 0.2) is 18.2 Å². The van der Waals surface area contributed by atoms with Gasteiger partial charge < -0.3 is 39.3 Å². The van der Waals surface area contributed by atoms with Crippen LogP contribution in [0.1, 0.15) is 89.6 Å². The fourth-order valence-electron chi connectivity index (χ4n) is 6.43. The molecule has 2 aromatic carbocycles. The van der Waals surface area contributed by atoms with Crippen molar-refractivity contribution in [1.29, 1.82) is 0 Å². The first-order valence-corrected chi connectivity index (χ1v) is 19.3. The predicted octanol–water partition coefficient (Wildman–Crippen LogP) is 3.96. The van der Waals surface area contributed by atoms with Gasteiger partial charge in [-0.05, 0) is 31.1 Å². The van der Waals surface area contributed by atoms with Crippen LogP contribution in [0.2, 0.25) is 18.1 Å². The number of methoxy groups -OCH3 is 1. The van der Waals surface area contributed by atoms with Crippen LogP contribution in [0.4, 0.5) is 13.2 Å². The first-order valence-electron chi connectivity index (χ1n) is 16.4.